The van der Waals surface area contributed by atoms with Gasteiger partial charge < -0.3 is 19.3 Å². The molecule has 0 fully saturated rings. The molecule has 9 heteroatoms. The van der Waals surface area contributed by atoms with E-state index >= 15 is 0 Å². The summed E-state index contributed by atoms with van der Waals surface area (Å²) in [7, 11) is 0. The van der Waals surface area contributed by atoms with Gasteiger partial charge in [0.15, 0.2) is 28.7 Å². The molecule has 2 aliphatic rings. The molecule has 0 saturated heterocycles. The van der Waals surface area contributed by atoms with Gasteiger partial charge in [-0.15, -0.1) is 0 Å². The number of benzene rings is 3. The van der Waals surface area contributed by atoms with Gasteiger partial charge in [-0.3, -0.25) is 5.32 Å². The third-order valence-electron chi connectivity index (χ3n) is 6.98. The van der Waals surface area contributed by atoms with Gasteiger partial charge in [-0.1, -0.05) is 66.7 Å². The summed E-state index contributed by atoms with van der Waals surface area (Å²) in [6.45, 7) is 4.20. The van der Waals surface area contributed by atoms with Gasteiger partial charge in [0.05, 0.1) is 5.70 Å². The molecule has 0 bridgehead atoms. The van der Waals surface area contributed by atoms with Crippen LogP contribution < -0.4 is 10.1 Å². The van der Waals surface area contributed by atoms with Crippen LogP contribution in [0.25, 0.3) is 16.9 Å². The number of carboxylic acids is 1. The Morgan fingerprint density at radius 3 is 2.29 bits per heavy atom. The van der Waals surface area contributed by atoms with Gasteiger partial charge in [-0.05, 0) is 62.1 Å². The minimum absolute atomic E-state index is 0.231. The van der Waals surface area contributed by atoms with E-state index in [2.05, 4.69) is 5.32 Å². The zero-order chi connectivity index (χ0) is 30.0. The predicted octanol–water partition coefficient (Wildman–Crippen LogP) is 7.31. The average Bonchev–Trinajstić information content (AvgIpc) is 3.33. The number of amides is 1. The van der Waals surface area contributed by atoms with Crippen LogP contribution in [-0.2, 0) is 14.3 Å². The number of carboxylic acid groups (broad SMARTS) is 1. The van der Waals surface area contributed by atoms with Crippen molar-refractivity contribution in [3.8, 4) is 16.9 Å². The summed E-state index contributed by atoms with van der Waals surface area (Å²) >= 11 is 0. The molecule has 0 aromatic heterocycles. The van der Waals surface area contributed by atoms with Gasteiger partial charge >= 0.3 is 12.1 Å². The number of ether oxygens (including phenoxy) is 3. The van der Waals surface area contributed by atoms with Gasteiger partial charge in [0.2, 0.25) is 0 Å². The van der Waals surface area contributed by atoms with Crippen LogP contribution in [0.1, 0.15) is 44.4 Å². The molecule has 1 amide bonds. The van der Waals surface area contributed by atoms with E-state index in [-0.39, 0.29) is 11.7 Å². The number of nitrogens with one attached hydrogen (secondary N) is 1. The number of fused-ring (bicyclic) bond motifs is 1. The van der Waals surface area contributed by atoms with Crippen molar-refractivity contribution >= 4 is 17.8 Å². The SMILES string of the molecule is C[C@@H](OC(=O)NC1=C(c2ccc(-c3cc(F)c(OC(C)(C)C(=O)O)c(F)c3)cc2)OC2C=CCC=C12)c1ccccc1. The summed E-state index contributed by atoms with van der Waals surface area (Å²) < 4.78 is 46.5. The number of hydrogen-bond donors (Lipinski definition) is 2. The van der Waals surface area contributed by atoms with Crippen molar-refractivity contribution in [1.82, 2.24) is 5.32 Å². The highest BCUT2D eigenvalue weighted by atomic mass is 19.1. The molecule has 2 N–H and O–H groups in total. The fraction of sp³-hybridized carbons (Fsp3) is 0.212. The average molecular weight is 574 g/mol. The number of rotatable bonds is 8. The first-order chi connectivity index (χ1) is 20.0. The van der Waals surface area contributed by atoms with Crippen molar-refractivity contribution in [2.45, 2.75) is 45.0 Å². The molecule has 3 aromatic rings. The van der Waals surface area contributed by atoms with Crippen molar-refractivity contribution in [3.63, 3.8) is 0 Å². The minimum atomic E-state index is -1.82. The van der Waals surface area contributed by atoms with E-state index in [4.69, 9.17) is 14.2 Å². The van der Waals surface area contributed by atoms with Crippen molar-refractivity contribution < 1.29 is 37.7 Å². The van der Waals surface area contributed by atoms with Crippen molar-refractivity contribution in [2.75, 3.05) is 0 Å². The Balaban J connectivity index is 1.40. The Labute approximate surface area is 241 Å². The standard InChI is InChI=1S/C33H29F2NO6/c1-19(20-9-5-4-6-10-20)40-32(39)36-28-24-11-7-8-12-27(24)41-29(28)22-15-13-21(14-16-22)23-17-25(34)30(26(35)18-23)42-33(2,3)31(37)38/h4-6,8-19,27H,7H2,1-3H3,(H,36,39)(H,37,38)/t19-,27?/m1/s1. The largest absolute Gasteiger partial charge is 0.479 e. The first-order valence-electron chi connectivity index (χ1n) is 13.4. The van der Waals surface area contributed by atoms with Crippen molar-refractivity contribution in [3.05, 3.63) is 119 Å². The Morgan fingerprint density at radius 1 is 1.00 bits per heavy atom. The fourth-order valence-corrected chi connectivity index (χ4v) is 4.64. The highest BCUT2D eigenvalue weighted by molar-refractivity contribution is 5.81. The normalized spacial score (nSPS) is 16.7. The van der Waals surface area contributed by atoms with E-state index in [0.717, 1.165) is 23.3 Å². The number of hydrogen-bond acceptors (Lipinski definition) is 5. The maximum Gasteiger partial charge on any atom is 0.412 e. The molecule has 0 radical (unpaired) electrons. The topological polar surface area (TPSA) is 94.1 Å². The van der Waals surface area contributed by atoms with Gasteiger partial charge in [0, 0.05) is 11.1 Å². The number of halogens is 2. The third kappa shape index (κ3) is 5.90. The molecule has 1 aliphatic heterocycles. The van der Waals surface area contributed by atoms with E-state index in [1.165, 1.54) is 13.8 Å². The maximum absolute atomic E-state index is 14.8. The Kier molecular flexibility index (Phi) is 7.85. The molecule has 0 spiro atoms. The molecular weight excluding hydrogens is 544 g/mol. The first-order valence-corrected chi connectivity index (χ1v) is 13.4. The zero-order valence-electron chi connectivity index (χ0n) is 23.2. The molecule has 5 rings (SSSR count). The highest BCUT2D eigenvalue weighted by Gasteiger charge is 2.34. The molecule has 7 nitrogen and oxygen atoms in total. The lowest BCUT2D eigenvalue weighted by Gasteiger charge is -2.22. The van der Waals surface area contributed by atoms with Gasteiger partial charge in [0.25, 0.3) is 0 Å². The lowest BCUT2D eigenvalue weighted by molar-refractivity contribution is -0.152. The van der Waals surface area contributed by atoms with Crippen molar-refractivity contribution in [2.24, 2.45) is 0 Å². The van der Waals surface area contributed by atoms with E-state index in [9.17, 15) is 23.5 Å². The van der Waals surface area contributed by atoms with E-state index in [0.29, 0.717) is 29.0 Å². The second-order valence-corrected chi connectivity index (χ2v) is 10.4. The van der Waals surface area contributed by atoms with Crippen LogP contribution in [0, 0.1) is 11.6 Å². The zero-order valence-corrected chi connectivity index (χ0v) is 23.2. The van der Waals surface area contributed by atoms with Crippen LogP contribution in [0.3, 0.4) is 0 Å². The van der Waals surface area contributed by atoms with Crippen LogP contribution >= 0.6 is 0 Å². The van der Waals surface area contributed by atoms with Gasteiger partial charge in [-0.25, -0.2) is 18.4 Å². The number of carbonyl (C=O) groups is 2. The Hall–Kier alpha value is -4.92. The predicted molar refractivity (Wildman–Crippen MR) is 152 cm³/mol. The van der Waals surface area contributed by atoms with Gasteiger partial charge in [0.1, 0.15) is 12.2 Å². The Bertz CT molecular complexity index is 1590. The monoisotopic (exact) mass is 573 g/mol. The summed E-state index contributed by atoms with van der Waals surface area (Å²) in [6, 6.07) is 18.3. The van der Waals surface area contributed by atoms with Crippen molar-refractivity contribution in [1.29, 1.82) is 0 Å². The van der Waals surface area contributed by atoms with Crippen LogP contribution in [0.2, 0.25) is 0 Å². The van der Waals surface area contributed by atoms with E-state index < -0.39 is 41.2 Å². The molecule has 3 aromatic carbocycles. The number of carbonyl (C=O) groups excluding carboxylic acids is 1. The highest BCUT2D eigenvalue weighted by Crippen LogP contribution is 2.39. The van der Waals surface area contributed by atoms with Crippen LogP contribution in [0.4, 0.5) is 13.6 Å². The molecule has 1 unspecified atom stereocenters. The first kappa shape index (κ1) is 28.6. The molecular formula is C33H29F2NO6. The number of aliphatic carboxylic acids is 1. The summed E-state index contributed by atoms with van der Waals surface area (Å²) in [4.78, 5) is 24.2. The number of alkyl carbamates (subject to hydrolysis) is 1. The summed E-state index contributed by atoms with van der Waals surface area (Å²) in [5, 5.41) is 12.1. The van der Waals surface area contributed by atoms with Gasteiger partial charge in [-0.2, -0.15) is 0 Å². The second kappa shape index (κ2) is 11.5. The summed E-state index contributed by atoms with van der Waals surface area (Å²) in [5.41, 5.74) is 1.70. The number of allylic oxidation sites excluding steroid dienone is 2. The fourth-order valence-electron chi connectivity index (χ4n) is 4.64. The molecule has 1 heterocycles. The van der Waals surface area contributed by atoms with Crippen LogP contribution in [0.5, 0.6) is 5.75 Å². The van der Waals surface area contributed by atoms with E-state index in [1.54, 1.807) is 31.2 Å². The molecule has 1 aliphatic carbocycles. The lowest BCUT2D eigenvalue weighted by atomic mass is 9.99. The van der Waals surface area contributed by atoms with E-state index in [1.807, 2.05) is 48.6 Å². The quantitative estimate of drug-likeness (QED) is 0.275. The maximum atomic E-state index is 14.8. The molecule has 2 atom stereocenters. The molecule has 216 valence electrons. The smallest absolute Gasteiger partial charge is 0.412 e. The Morgan fingerprint density at radius 2 is 1.64 bits per heavy atom. The lowest BCUT2D eigenvalue weighted by Crippen LogP contribution is -2.38. The molecule has 0 saturated carbocycles. The van der Waals surface area contributed by atoms with Crippen LogP contribution in [0.15, 0.2) is 96.2 Å². The van der Waals surface area contributed by atoms with Crippen LogP contribution in [-0.4, -0.2) is 28.9 Å². The molecule has 42 heavy (non-hydrogen) atoms. The summed E-state index contributed by atoms with van der Waals surface area (Å²) in [6.07, 6.45) is 5.07. The third-order valence-corrected chi connectivity index (χ3v) is 6.98. The minimum Gasteiger partial charge on any atom is -0.479 e. The second-order valence-electron chi connectivity index (χ2n) is 10.4. The summed E-state index contributed by atoms with van der Waals surface area (Å²) in [5.74, 6) is -3.74.